The van der Waals surface area contributed by atoms with E-state index in [4.69, 9.17) is 26.7 Å². The number of amides is 1. The molecule has 0 aromatic rings. The summed E-state index contributed by atoms with van der Waals surface area (Å²) in [6.07, 6.45) is 43.9. The largest absolute Gasteiger partial charge is 0.462 e. The fourth-order valence-electron chi connectivity index (χ4n) is 8.55. The summed E-state index contributed by atoms with van der Waals surface area (Å²) >= 11 is 1.46. The van der Waals surface area contributed by atoms with Crippen molar-refractivity contribution in [3.8, 4) is 0 Å². The average Bonchev–Trinajstić information content (AvgIpc) is 3.33. The van der Waals surface area contributed by atoms with Crippen molar-refractivity contribution in [1.29, 1.82) is 0 Å². The van der Waals surface area contributed by atoms with E-state index < -0.39 is 18.2 Å². The van der Waals surface area contributed by atoms with Gasteiger partial charge in [-0.1, -0.05) is 206 Å². The number of nitrogens with one attached hydrogen (secondary N) is 2. The Morgan fingerprint density at radius 3 is 1.40 bits per heavy atom. The standard InChI is InChI=1S/C56H111N5O6S/c1-3-5-7-9-11-13-15-17-19-21-23-27-34-41-54(63)66-47-50(67-55(64)42-35-28-24-22-20-18-16-14-12-10-8-6-4-2)48-68-49-52(59)53(62)40-33-31-32-39-51(58)56(65)61-46-38-45-60-44-37-30-26-25-29-36-43-57/h50-52,60H,3-49,57-59H2,1-2H3,(H,61,65)/t50?,51-,52-/m0/s1. The van der Waals surface area contributed by atoms with Gasteiger partial charge in [-0.3, -0.25) is 19.2 Å². The number of hydrogen-bond donors (Lipinski definition) is 5. The minimum absolute atomic E-state index is 0.00384. The Bertz CT molecular complexity index is 1140. The van der Waals surface area contributed by atoms with Gasteiger partial charge in [0.15, 0.2) is 0 Å². The second kappa shape index (κ2) is 53.1. The van der Waals surface area contributed by atoms with Crippen molar-refractivity contribution in [2.24, 2.45) is 17.2 Å². The van der Waals surface area contributed by atoms with Gasteiger partial charge in [-0.25, -0.2) is 0 Å². The topological polar surface area (TPSA) is 189 Å². The summed E-state index contributed by atoms with van der Waals surface area (Å²) in [4.78, 5) is 50.9. The fourth-order valence-corrected chi connectivity index (χ4v) is 9.55. The van der Waals surface area contributed by atoms with Gasteiger partial charge >= 0.3 is 11.9 Å². The average molecular weight is 983 g/mol. The predicted molar refractivity (Wildman–Crippen MR) is 290 cm³/mol. The van der Waals surface area contributed by atoms with Gasteiger partial charge in [0.25, 0.3) is 0 Å². The number of unbranched alkanes of at least 4 members (excludes halogenated alkanes) is 31. The van der Waals surface area contributed by atoms with E-state index in [1.54, 1.807) is 0 Å². The van der Waals surface area contributed by atoms with E-state index >= 15 is 0 Å². The molecule has 0 fully saturated rings. The molecule has 0 saturated carbocycles. The van der Waals surface area contributed by atoms with E-state index in [1.807, 2.05) is 0 Å². The Hall–Kier alpha value is -1.73. The second-order valence-electron chi connectivity index (χ2n) is 19.9. The zero-order valence-electron chi connectivity index (χ0n) is 44.6. The van der Waals surface area contributed by atoms with Gasteiger partial charge in [-0.05, 0) is 64.6 Å². The molecule has 1 amide bonds. The summed E-state index contributed by atoms with van der Waals surface area (Å²) in [6.45, 7) is 7.82. The quantitative estimate of drug-likeness (QED) is 0.0288. The number of carbonyl (C=O) groups excluding carboxylic acids is 4. The molecule has 0 bridgehead atoms. The zero-order valence-corrected chi connectivity index (χ0v) is 45.4. The summed E-state index contributed by atoms with van der Waals surface area (Å²) in [5.74, 6) is 0.169. The van der Waals surface area contributed by atoms with Crippen molar-refractivity contribution >= 4 is 35.4 Å². The molecule has 12 heteroatoms. The number of carbonyl (C=O) groups is 4. The Kier molecular flexibility index (Phi) is 51.7. The van der Waals surface area contributed by atoms with Crippen LogP contribution in [0.2, 0.25) is 0 Å². The number of nitrogens with two attached hydrogens (primary N) is 3. The molecule has 0 spiro atoms. The second-order valence-corrected chi connectivity index (χ2v) is 21.0. The number of ketones is 1. The van der Waals surface area contributed by atoms with Gasteiger partial charge in [0.2, 0.25) is 5.91 Å². The van der Waals surface area contributed by atoms with Gasteiger partial charge < -0.3 is 37.3 Å². The van der Waals surface area contributed by atoms with Gasteiger partial charge in [-0.2, -0.15) is 11.8 Å². The van der Waals surface area contributed by atoms with Crippen molar-refractivity contribution in [2.45, 2.75) is 289 Å². The molecule has 0 heterocycles. The highest BCUT2D eigenvalue weighted by atomic mass is 32.2. The van der Waals surface area contributed by atoms with Gasteiger partial charge in [0, 0.05) is 37.3 Å². The van der Waals surface area contributed by atoms with Crippen LogP contribution in [0.25, 0.3) is 0 Å². The Morgan fingerprint density at radius 1 is 0.456 bits per heavy atom. The maximum Gasteiger partial charge on any atom is 0.306 e. The van der Waals surface area contributed by atoms with E-state index in [1.165, 1.54) is 172 Å². The van der Waals surface area contributed by atoms with E-state index in [9.17, 15) is 19.2 Å². The van der Waals surface area contributed by atoms with E-state index in [-0.39, 0.29) is 30.2 Å². The van der Waals surface area contributed by atoms with Crippen LogP contribution in [0, 0.1) is 0 Å². The van der Waals surface area contributed by atoms with Gasteiger partial charge in [0.1, 0.15) is 18.5 Å². The van der Waals surface area contributed by atoms with Crippen molar-refractivity contribution < 1.29 is 28.7 Å². The van der Waals surface area contributed by atoms with Crippen LogP contribution < -0.4 is 27.8 Å². The highest BCUT2D eigenvalue weighted by Crippen LogP contribution is 2.17. The van der Waals surface area contributed by atoms with Crippen LogP contribution in [0.15, 0.2) is 0 Å². The Balaban J connectivity index is 4.46. The molecular formula is C56H111N5O6S. The lowest BCUT2D eigenvalue weighted by Crippen LogP contribution is -2.41. The molecule has 68 heavy (non-hydrogen) atoms. The van der Waals surface area contributed by atoms with Crippen LogP contribution in [0.3, 0.4) is 0 Å². The van der Waals surface area contributed by atoms with E-state index in [0.29, 0.717) is 50.2 Å². The summed E-state index contributed by atoms with van der Waals surface area (Å²) in [7, 11) is 0. The molecule has 0 saturated heterocycles. The Labute approximate surface area is 423 Å². The maximum atomic E-state index is 12.9. The monoisotopic (exact) mass is 982 g/mol. The third-order valence-electron chi connectivity index (χ3n) is 13.1. The normalized spacial score (nSPS) is 12.8. The molecule has 3 atom stereocenters. The number of ether oxygens (including phenoxy) is 2. The Morgan fingerprint density at radius 2 is 0.882 bits per heavy atom. The molecule has 402 valence electrons. The van der Waals surface area contributed by atoms with Crippen LogP contribution in [0.5, 0.6) is 0 Å². The van der Waals surface area contributed by atoms with E-state index in [0.717, 1.165) is 83.8 Å². The van der Waals surface area contributed by atoms with Crippen molar-refractivity contribution in [1.82, 2.24) is 10.6 Å². The maximum absolute atomic E-state index is 12.9. The first kappa shape index (κ1) is 66.3. The summed E-state index contributed by atoms with van der Waals surface area (Å²) < 4.78 is 11.5. The lowest BCUT2D eigenvalue weighted by atomic mass is 10.0. The van der Waals surface area contributed by atoms with Gasteiger partial charge in [-0.15, -0.1) is 0 Å². The number of esters is 2. The third-order valence-corrected chi connectivity index (χ3v) is 14.3. The predicted octanol–water partition coefficient (Wildman–Crippen LogP) is 12.7. The molecule has 8 N–H and O–H groups in total. The summed E-state index contributed by atoms with van der Waals surface area (Å²) in [5.41, 5.74) is 18.0. The first-order valence-electron chi connectivity index (χ1n) is 28.9. The van der Waals surface area contributed by atoms with E-state index in [2.05, 4.69) is 24.5 Å². The minimum Gasteiger partial charge on any atom is -0.462 e. The number of Topliss-reactive ketones (excluding diaryl/α,β-unsaturated/α-hetero) is 1. The van der Waals surface area contributed by atoms with Crippen LogP contribution in [-0.4, -0.2) is 86.1 Å². The molecule has 1 unspecified atom stereocenters. The molecule has 0 radical (unpaired) electrons. The lowest BCUT2D eigenvalue weighted by Gasteiger charge is -2.19. The fraction of sp³-hybridized carbons (Fsp3) is 0.929. The summed E-state index contributed by atoms with van der Waals surface area (Å²) in [6, 6.07) is -1.18. The highest BCUT2D eigenvalue weighted by molar-refractivity contribution is 7.99. The molecule has 0 aromatic heterocycles. The van der Waals surface area contributed by atoms with Crippen molar-refractivity contribution in [3.63, 3.8) is 0 Å². The number of hydrogen-bond acceptors (Lipinski definition) is 11. The third kappa shape index (κ3) is 47.9. The molecule has 0 rings (SSSR count). The molecule has 0 aliphatic rings. The molecular weight excluding hydrogens is 871 g/mol. The van der Waals surface area contributed by atoms with Gasteiger partial charge in [0.05, 0.1) is 12.1 Å². The van der Waals surface area contributed by atoms with Crippen LogP contribution in [0.1, 0.15) is 271 Å². The highest BCUT2D eigenvalue weighted by Gasteiger charge is 2.20. The minimum atomic E-state index is -0.630. The molecule has 11 nitrogen and oxygen atoms in total. The summed E-state index contributed by atoms with van der Waals surface area (Å²) in [5, 5.41) is 6.40. The molecule has 0 aliphatic carbocycles. The first-order chi connectivity index (χ1) is 33.2. The zero-order chi connectivity index (χ0) is 49.8. The number of rotatable bonds is 55. The van der Waals surface area contributed by atoms with Crippen LogP contribution in [0.4, 0.5) is 0 Å². The lowest BCUT2D eigenvalue weighted by molar-refractivity contribution is -0.157. The van der Waals surface area contributed by atoms with Crippen molar-refractivity contribution in [3.05, 3.63) is 0 Å². The first-order valence-corrected chi connectivity index (χ1v) is 30.1. The molecule has 0 aromatic carbocycles. The van der Waals surface area contributed by atoms with Crippen LogP contribution in [-0.2, 0) is 28.7 Å². The van der Waals surface area contributed by atoms with Crippen LogP contribution >= 0.6 is 11.8 Å². The SMILES string of the molecule is CCCCCCCCCCCCCCCC(=O)OCC(CSC[C@H](N)C(=O)CCCCC[C@H](N)C(=O)NCCCNCCCCCCCCN)OC(=O)CCCCCCCCCCCCCCC. The van der Waals surface area contributed by atoms with Crippen molar-refractivity contribution in [2.75, 3.05) is 44.3 Å². The molecule has 0 aliphatic heterocycles. The number of thioether (sulfide) groups is 1. The smallest absolute Gasteiger partial charge is 0.306 e.